The highest BCUT2D eigenvalue weighted by Crippen LogP contribution is 2.40. The zero-order valence-electron chi connectivity index (χ0n) is 13.1. The van der Waals surface area contributed by atoms with Crippen molar-refractivity contribution in [3.05, 3.63) is 66.2 Å². The Morgan fingerprint density at radius 2 is 1.52 bits per heavy atom. The van der Waals surface area contributed by atoms with E-state index in [4.69, 9.17) is 4.74 Å². The fourth-order valence-corrected chi connectivity index (χ4v) is 3.32. The highest BCUT2D eigenvalue weighted by molar-refractivity contribution is 6.18. The molecule has 4 rings (SSSR count). The molecule has 0 aromatic heterocycles. The Morgan fingerprint density at radius 1 is 0.826 bits per heavy atom. The number of fused-ring (bicyclic) bond motifs is 4. The zero-order chi connectivity index (χ0) is 16.0. The second-order valence-corrected chi connectivity index (χ2v) is 5.86. The number of carbonyl (C=O) groups is 1. The van der Waals surface area contributed by atoms with Crippen molar-refractivity contribution in [2.24, 2.45) is 0 Å². The van der Waals surface area contributed by atoms with Gasteiger partial charge in [-0.05, 0) is 40.1 Å². The van der Waals surface area contributed by atoms with Crippen LogP contribution in [0.2, 0.25) is 0 Å². The number of benzene rings is 4. The van der Waals surface area contributed by atoms with Crippen molar-refractivity contribution in [2.75, 3.05) is 0 Å². The Balaban J connectivity index is 2.29. The first kappa shape index (κ1) is 13.8. The molecule has 112 valence electrons. The summed E-state index contributed by atoms with van der Waals surface area (Å²) in [7, 11) is 0. The second kappa shape index (κ2) is 5.10. The molecule has 0 saturated heterocycles. The first-order valence-electron chi connectivity index (χ1n) is 7.67. The van der Waals surface area contributed by atoms with Gasteiger partial charge in [0.15, 0.2) is 0 Å². The summed E-state index contributed by atoms with van der Waals surface area (Å²) in [5, 5.41) is 6.42. The molecule has 2 nitrogen and oxygen atoms in total. The van der Waals surface area contributed by atoms with E-state index in [2.05, 4.69) is 36.4 Å². The molecule has 0 atom stereocenters. The Kier molecular flexibility index (Phi) is 3.05. The molecule has 4 aromatic rings. The summed E-state index contributed by atoms with van der Waals surface area (Å²) in [4.78, 5) is 11.7. The van der Waals surface area contributed by atoms with E-state index < -0.39 is 0 Å². The van der Waals surface area contributed by atoms with Crippen LogP contribution >= 0.6 is 0 Å². The number of esters is 1. The molecule has 0 spiro atoms. The maximum atomic E-state index is 11.7. The highest BCUT2D eigenvalue weighted by atomic mass is 16.5. The van der Waals surface area contributed by atoms with Crippen molar-refractivity contribution in [1.29, 1.82) is 0 Å². The van der Waals surface area contributed by atoms with Gasteiger partial charge in [-0.25, -0.2) is 0 Å². The molecular formula is C21H16O2. The summed E-state index contributed by atoms with van der Waals surface area (Å²) in [5.74, 6) is 0.370. The highest BCUT2D eigenvalue weighted by Gasteiger charge is 2.15. The molecule has 0 aliphatic carbocycles. The van der Waals surface area contributed by atoms with Crippen LogP contribution in [0.3, 0.4) is 0 Å². The van der Waals surface area contributed by atoms with Crippen molar-refractivity contribution in [1.82, 2.24) is 0 Å². The van der Waals surface area contributed by atoms with E-state index >= 15 is 0 Å². The standard InChI is InChI=1S/C21H16O2/c1-13-6-5-8-16-12-17-11-10-15-7-3-4-9-18(15)20(17)21(19(13)16)23-14(2)22/h3-12H,1-2H3. The van der Waals surface area contributed by atoms with Crippen molar-refractivity contribution < 1.29 is 9.53 Å². The van der Waals surface area contributed by atoms with Crippen molar-refractivity contribution in [3.8, 4) is 5.75 Å². The number of hydrogen-bond donors (Lipinski definition) is 0. The lowest BCUT2D eigenvalue weighted by Crippen LogP contribution is -2.03. The minimum absolute atomic E-state index is 0.296. The van der Waals surface area contributed by atoms with Crippen LogP contribution < -0.4 is 4.74 Å². The van der Waals surface area contributed by atoms with Crippen LogP contribution in [0, 0.1) is 6.92 Å². The van der Waals surface area contributed by atoms with Gasteiger partial charge in [0.1, 0.15) is 5.75 Å². The lowest BCUT2D eigenvalue weighted by atomic mass is 9.95. The number of aryl methyl sites for hydroxylation is 1. The maximum Gasteiger partial charge on any atom is 0.308 e. The Morgan fingerprint density at radius 3 is 2.35 bits per heavy atom. The van der Waals surface area contributed by atoms with Crippen molar-refractivity contribution >= 4 is 38.3 Å². The summed E-state index contributed by atoms with van der Waals surface area (Å²) in [5.41, 5.74) is 1.11. The maximum absolute atomic E-state index is 11.7. The van der Waals surface area contributed by atoms with E-state index in [0.29, 0.717) is 5.75 Å². The third-order valence-corrected chi connectivity index (χ3v) is 4.28. The van der Waals surface area contributed by atoms with E-state index in [9.17, 15) is 4.79 Å². The van der Waals surface area contributed by atoms with Gasteiger partial charge in [-0.1, -0.05) is 54.6 Å². The summed E-state index contributed by atoms with van der Waals surface area (Å²) in [6.45, 7) is 3.50. The molecule has 0 amide bonds. The van der Waals surface area contributed by atoms with Crippen LogP contribution in [-0.2, 0) is 4.79 Å². The SMILES string of the molecule is CC(=O)Oc1c2c(C)cccc2cc2ccc3ccccc3c12. The van der Waals surface area contributed by atoms with Crippen LogP contribution in [0.5, 0.6) is 5.75 Å². The largest absolute Gasteiger partial charge is 0.425 e. The molecule has 0 aliphatic rings. The van der Waals surface area contributed by atoms with E-state index in [0.717, 1.165) is 37.9 Å². The minimum atomic E-state index is -0.296. The minimum Gasteiger partial charge on any atom is -0.425 e. The second-order valence-electron chi connectivity index (χ2n) is 5.86. The zero-order valence-corrected chi connectivity index (χ0v) is 13.1. The number of ether oxygens (including phenoxy) is 1. The van der Waals surface area contributed by atoms with Gasteiger partial charge in [0.25, 0.3) is 0 Å². The molecule has 23 heavy (non-hydrogen) atoms. The topological polar surface area (TPSA) is 26.3 Å². The van der Waals surface area contributed by atoms with E-state index in [1.165, 1.54) is 6.92 Å². The van der Waals surface area contributed by atoms with Crippen LogP contribution in [0.15, 0.2) is 60.7 Å². The van der Waals surface area contributed by atoms with Gasteiger partial charge in [-0.3, -0.25) is 4.79 Å². The first-order chi connectivity index (χ1) is 11.1. The summed E-state index contributed by atoms with van der Waals surface area (Å²) in [6, 6.07) is 20.7. The molecule has 0 bridgehead atoms. The summed E-state index contributed by atoms with van der Waals surface area (Å²) < 4.78 is 5.69. The van der Waals surface area contributed by atoms with E-state index in [-0.39, 0.29) is 5.97 Å². The molecular weight excluding hydrogens is 284 g/mol. The predicted molar refractivity (Wildman–Crippen MR) is 95.0 cm³/mol. The Bertz CT molecular complexity index is 1080. The third kappa shape index (κ3) is 2.15. The average Bonchev–Trinajstić information content (AvgIpc) is 2.53. The summed E-state index contributed by atoms with van der Waals surface area (Å²) >= 11 is 0. The quantitative estimate of drug-likeness (QED) is 0.204. The fraction of sp³-hybridized carbons (Fsp3) is 0.0952. The third-order valence-electron chi connectivity index (χ3n) is 4.28. The molecule has 0 N–H and O–H groups in total. The van der Waals surface area contributed by atoms with Crippen LogP contribution in [0.1, 0.15) is 12.5 Å². The predicted octanol–water partition coefficient (Wildman–Crippen LogP) is 5.38. The molecule has 0 unspecified atom stereocenters. The van der Waals surface area contributed by atoms with Crippen LogP contribution in [0.25, 0.3) is 32.3 Å². The lowest BCUT2D eigenvalue weighted by molar-refractivity contribution is -0.131. The fourth-order valence-electron chi connectivity index (χ4n) is 3.32. The lowest BCUT2D eigenvalue weighted by Gasteiger charge is -2.14. The van der Waals surface area contributed by atoms with Crippen LogP contribution in [-0.4, -0.2) is 5.97 Å². The molecule has 0 heterocycles. The molecule has 0 aliphatic heterocycles. The molecule has 0 saturated carbocycles. The number of rotatable bonds is 1. The van der Waals surface area contributed by atoms with Crippen molar-refractivity contribution in [2.45, 2.75) is 13.8 Å². The van der Waals surface area contributed by atoms with E-state index in [1.807, 2.05) is 31.2 Å². The smallest absolute Gasteiger partial charge is 0.308 e. The van der Waals surface area contributed by atoms with Crippen molar-refractivity contribution in [3.63, 3.8) is 0 Å². The van der Waals surface area contributed by atoms with Gasteiger partial charge in [0.05, 0.1) is 0 Å². The van der Waals surface area contributed by atoms with E-state index in [1.54, 1.807) is 0 Å². The van der Waals surface area contributed by atoms with Crippen LogP contribution in [0.4, 0.5) is 0 Å². The number of carbonyl (C=O) groups excluding carboxylic acids is 1. The van der Waals surface area contributed by atoms with Gasteiger partial charge in [-0.15, -0.1) is 0 Å². The van der Waals surface area contributed by atoms with Gasteiger partial charge < -0.3 is 4.74 Å². The Labute approximate surface area is 134 Å². The number of hydrogen-bond acceptors (Lipinski definition) is 2. The molecule has 0 fully saturated rings. The Hall–Kier alpha value is -2.87. The first-order valence-corrected chi connectivity index (χ1v) is 7.67. The molecule has 0 radical (unpaired) electrons. The summed E-state index contributed by atoms with van der Waals surface area (Å²) in [6.07, 6.45) is 0. The van der Waals surface area contributed by atoms with Gasteiger partial charge in [0.2, 0.25) is 0 Å². The monoisotopic (exact) mass is 300 g/mol. The average molecular weight is 300 g/mol. The normalized spacial score (nSPS) is 11.2. The van der Waals surface area contributed by atoms with Gasteiger partial charge >= 0.3 is 5.97 Å². The molecule has 4 aromatic carbocycles. The van der Waals surface area contributed by atoms with Gasteiger partial charge in [0, 0.05) is 17.7 Å². The van der Waals surface area contributed by atoms with Gasteiger partial charge in [-0.2, -0.15) is 0 Å². The molecule has 2 heteroatoms.